The third-order valence-corrected chi connectivity index (χ3v) is 7.23. The Morgan fingerprint density at radius 2 is 1.70 bits per heavy atom. The number of aliphatic carboxylic acids is 2. The molecule has 2 aromatic rings. The Morgan fingerprint density at radius 3 is 2.36 bits per heavy atom. The highest BCUT2D eigenvalue weighted by Crippen LogP contribution is 2.41. The first kappa shape index (κ1) is 36.3. The highest BCUT2D eigenvalue weighted by atomic mass is 16.6. The van der Waals surface area contributed by atoms with Gasteiger partial charge in [-0.3, -0.25) is 25.0 Å². The summed E-state index contributed by atoms with van der Waals surface area (Å²) in [5, 5.41) is 42.9. The number of aromatic hydroxyl groups is 1. The number of carbonyl (C=O) groups is 6. The lowest BCUT2D eigenvalue weighted by atomic mass is 10.00. The number of carboxylic acids is 2. The van der Waals surface area contributed by atoms with Gasteiger partial charge in [0.1, 0.15) is 23.3 Å². The number of nitrogens with zero attached hydrogens (tertiary/aromatic N) is 1. The number of phenolic OH excluding ortho intramolecular Hbond substituents is 1. The van der Waals surface area contributed by atoms with Gasteiger partial charge in [0.15, 0.2) is 17.8 Å². The molecular weight excluding hydrogens is 658 g/mol. The lowest BCUT2D eigenvalue weighted by molar-refractivity contribution is -0.140. The van der Waals surface area contributed by atoms with Crippen molar-refractivity contribution in [2.75, 3.05) is 12.0 Å². The van der Waals surface area contributed by atoms with E-state index in [1.165, 1.54) is 23.1 Å². The molecule has 2 aliphatic rings. The lowest BCUT2D eigenvalue weighted by Gasteiger charge is -2.37. The fourth-order valence-corrected chi connectivity index (χ4v) is 4.78. The number of hydrogen-bond acceptors (Lipinski definition) is 14. The maximum atomic E-state index is 12.9. The summed E-state index contributed by atoms with van der Waals surface area (Å²) in [5.74, 6) is -6.73. The number of nitrogens with two attached hydrogens (primary N) is 1. The molecule has 0 aromatic heterocycles. The standard InChI is InChI=1S/C32H35N7O11/c1-16(2)25-21(9-8-20(40)27(25)50-24(44)12-10-22(41)42)49-23(43)11-7-19(31(47)48)37-29(45)17-3-5-18(6-4-17)36-15-39-30(46)26-28(38-32(39)33)35-14-13-34-26/h3-6,8-10,12-14,16,19,32,34-36,38,40H,7,11,15,33H2,1-2H3,(H,37,45)(H,41,42)(H,47,48). The van der Waals surface area contributed by atoms with Crippen LogP contribution in [-0.4, -0.2) is 74.9 Å². The van der Waals surface area contributed by atoms with Crippen molar-refractivity contribution in [3.8, 4) is 17.2 Å². The van der Waals surface area contributed by atoms with Gasteiger partial charge in [-0.25, -0.2) is 14.4 Å². The van der Waals surface area contributed by atoms with E-state index in [2.05, 4.69) is 26.6 Å². The average Bonchev–Trinajstić information content (AvgIpc) is 3.07. The molecule has 264 valence electrons. The summed E-state index contributed by atoms with van der Waals surface area (Å²) in [6, 6.07) is 6.90. The molecule has 0 fully saturated rings. The predicted octanol–water partition coefficient (Wildman–Crippen LogP) is 0.507. The monoisotopic (exact) mass is 693 g/mol. The van der Waals surface area contributed by atoms with Gasteiger partial charge in [0.05, 0.1) is 6.67 Å². The fourth-order valence-electron chi connectivity index (χ4n) is 4.78. The van der Waals surface area contributed by atoms with Gasteiger partial charge in [0.2, 0.25) is 0 Å². The van der Waals surface area contributed by atoms with Crippen LogP contribution in [0.5, 0.6) is 17.2 Å². The molecule has 0 radical (unpaired) electrons. The van der Waals surface area contributed by atoms with Gasteiger partial charge >= 0.3 is 23.9 Å². The van der Waals surface area contributed by atoms with Crippen LogP contribution in [0.3, 0.4) is 0 Å². The number of anilines is 1. The minimum Gasteiger partial charge on any atom is -0.504 e. The van der Waals surface area contributed by atoms with Crippen LogP contribution in [0.2, 0.25) is 0 Å². The van der Waals surface area contributed by atoms with E-state index in [9.17, 15) is 39.0 Å². The zero-order chi connectivity index (χ0) is 36.5. The van der Waals surface area contributed by atoms with E-state index >= 15 is 0 Å². The Kier molecular flexibility index (Phi) is 11.6. The topological polar surface area (TPSA) is 271 Å². The molecule has 50 heavy (non-hydrogen) atoms. The van der Waals surface area contributed by atoms with Gasteiger partial charge in [0, 0.05) is 47.8 Å². The number of phenols is 1. The summed E-state index contributed by atoms with van der Waals surface area (Å²) < 4.78 is 10.5. The van der Waals surface area contributed by atoms with Crippen molar-refractivity contribution >= 4 is 41.4 Å². The second-order valence-corrected chi connectivity index (χ2v) is 11.1. The van der Waals surface area contributed by atoms with Gasteiger partial charge in [0.25, 0.3) is 11.8 Å². The average molecular weight is 694 g/mol. The lowest BCUT2D eigenvalue weighted by Crippen LogP contribution is -2.62. The van der Waals surface area contributed by atoms with E-state index in [0.717, 1.165) is 6.07 Å². The summed E-state index contributed by atoms with van der Waals surface area (Å²) in [7, 11) is 0. The molecule has 2 aliphatic heterocycles. The van der Waals surface area contributed by atoms with Crippen molar-refractivity contribution in [2.45, 2.75) is 44.9 Å². The maximum Gasteiger partial charge on any atom is 0.336 e. The smallest absolute Gasteiger partial charge is 0.336 e. The SMILES string of the molecule is CC(C)c1c(OC(=O)CCC(NC(=O)c2ccc(NCN3C(=O)C4=C(NC=CN4)NC3N)cc2)C(=O)O)ccc(O)c1OC(=O)C=CC(=O)O. The molecule has 0 saturated carbocycles. The van der Waals surface area contributed by atoms with Gasteiger partial charge in [-0.05, 0) is 48.7 Å². The number of benzene rings is 2. The van der Waals surface area contributed by atoms with E-state index in [-0.39, 0.29) is 41.6 Å². The molecule has 2 atom stereocenters. The summed E-state index contributed by atoms with van der Waals surface area (Å²) in [6.45, 7) is 3.35. The van der Waals surface area contributed by atoms with Crippen molar-refractivity contribution < 1.29 is 53.6 Å². The van der Waals surface area contributed by atoms with Crippen LogP contribution in [0, 0.1) is 0 Å². The van der Waals surface area contributed by atoms with Crippen molar-refractivity contribution in [3.05, 3.63) is 83.6 Å². The minimum atomic E-state index is -1.47. The summed E-state index contributed by atoms with van der Waals surface area (Å²) >= 11 is 0. The summed E-state index contributed by atoms with van der Waals surface area (Å²) in [4.78, 5) is 74.5. The number of ether oxygens (including phenoxy) is 2. The molecule has 2 unspecified atom stereocenters. The van der Waals surface area contributed by atoms with Gasteiger partial charge in [-0.1, -0.05) is 13.8 Å². The van der Waals surface area contributed by atoms with E-state index in [1.54, 1.807) is 38.4 Å². The van der Waals surface area contributed by atoms with Crippen molar-refractivity contribution in [1.82, 2.24) is 26.2 Å². The molecular formula is C32H35N7O11. The molecule has 10 N–H and O–H groups in total. The number of hydrogen-bond donors (Lipinski definition) is 9. The summed E-state index contributed by atoms with van der Waals surface area (Å²) in [6.07, 6.45) is 2.77. The van der Waals surface area contributed by atoms with Gasteiger partial charge < -0.3 is 51.4 Å². The van der Waals surface area contributed by atoms with E-state index in [0.29, 0.717) is 29.4 Å². The molecule has 4 rings (SSSR count). The quantitative estimate of drug-likeness (QED) is 0.0741. The molecule has 0 aliphatic carbocycles. The fraction of sp³-hybridized carbons (Fsp3) is 0.250. The Morgan fingerprint density at radius 1 is 1.00 bits per heavy atom. The van der Waals surface area contributed by atoms with Crippen LogP contribution in [-0.2, 0) is 24.0 Å². The van der Waals surface area contributed by atoms with Crippen LogP contribution >= 0.6 is 0 Å². The van der Waals surface area contributed by atoms with Crippen LogP contribution < -0.4 is 41.8 Å². The minimum absolute atomic E-state index is 0.0251. The molecule has 0 bridgehead atoms. The van der Waals surface area contributed by atoms with Gasteiger partial charge in [-0.15, -0.1) is 0 Å². The third-order valence-electron chi connectivity index (χ3n) is 7.23. The predicted molar refractivity (Wildman–Crippen MR) is 174 cm³/mol. The molecule has 2 amide bonds. The van der Waals surface area contributed by atoms with Crippen molar-refractivity contribution in [3.63, 3.8) is 0 Å². The number of nitrogens with one attached hydrogen (secondary N) is 5. The molecule has 2 heterocycles. The molecule has 18 nitrogen and oxygen atoms in total. The molecule has 2 aromatic carbocycles. The zero-order valence-corrected chi connectivity index (χ0v) is 26.8. The Balaban J connectivity index is 1.33. The highest BCUT2D eigenvalue weighted by Gasteiger charge is 2.32. The van der Waals surface area contributed by atoms with E-state index in [4.69, 9.17) is 20.3 Å². The first-order chi connectivity index (χ1) is 23.7. The Bertz CT molecular complexity index is 1770. The van der Waals surface area contributed by atoms with Crippen LogP contribution in [0.15, 0.2) is 72.5 Å². The highest BCUT2D eigenvalue weighted by molar-refractivity contribution is 5.97. The van der Waals surface area contributed by atoms with Crippen LogP contribution in [0.25, 0.3) is 0 Å². The van der Waals surface area contributed by atoms with Crippen molar-refractivity contribution in [1.29, 1.82) is 0 Å². The molecule has 0 spiro atoms. The maximum absolute atomic E-state index is 12.9. The Hall–Kier alpha value is -6.56. The van der Waals surface area contributed by atoms with Crippen LogP contribution in [0.4, 0.5) is 5.69 Å². The number of esters is 2. The second kappa shape index (κ2) is 16.0. The van der Waals surface area contributed by atoms with E-state index in [1.807, 2.05) is 0 Å². The second-order valence-electron chi connectivity index (χ2n) is 11.1. The first-order valence-corrected chi connectivity index (χ1v) is 15.1. The number of carboxylic acid groups (broad SMARTS) is 2. The number of amides is 2. The summed E-state index contributed by atoms with van der Waals surface area (Å²) in [5.41, 5.74) is 7.16. The number of carbonyl (C=O) groups excluding carboxylic acids is 4. The third kappa shape index (κ3) is 9.07. The zero-order valence-electron chi connectivity index (χ0n) is 26.8. The largest absolute Gasteiger partial charge is 0.504 e. The number of rotatable bonds is 14. The normalized spacial score (nSPS) is 15.7. The van der Waals surface area contributed by atoms with Crippen molar-refractivity contribution in [2.24, 2.45) is 5.73 Å². The van der Waals surface area contributed by atoms with Crippen LogP contribution in [0.1, 0.15) is 48.5 Å². The van der Waals surface area contributed by atoms with E-state index < -0.39 is 60.2 Å². The molecule has 18 heteroatoms. The molecule has 0 saturated heterocycles. The Labute approximate surface area is 284 Å². The first-order valence-electron chi connectivity index (χ1n) is 15.1. The van der Waals surface area contributed by atoms with Gasteiger partial charge in [-0.2, -0.15) is 0 Å².